The number of pyridine rings is 1. The SMILES string of the molecule is CCCCCCOc1c(C=Cc2nc3ccccn3c(=O)c2-c2ccc(C#N)cc2)cccc1OC. The van der Waals surface area contributed by atoms with E-state index in [-0.39, 0.29) is 5.56 Å². The summed E-state index contributed by atoms with van der Waals surface area (Å²) in [6.45, 7) is 2.79. The Balaban J connectivity index is 1.77. The van der Waals surface area contributed by atoms with Gasteiger partial charge in [-0.1, -0.05) is 56.5 Å². The van der Waals surface area contributed by atoms with Gasteiger partial charge in [-0.05, 0) is 54.5 Å². The van der Waals surface area contributed by atoms with Crippen molar-refractivity contribution in [1.29, 1.82) is 5.26 Å². The molecule has 36 heavy (non-hydrogen) atoms. The lowest BCUT2D eigenvalue weighted by molar-refractivity contribution is 0.284. The fourth-order valence-corrected chi connectivity index (χ4v) is 4.06. The first kappa shape index (κ1) is 24.7. The van der Waals surface area contributed by atoms with Crippen LogP contribution in [0, 0.1) is 11.3 Å². The normalized spacial score (nSPS) is 11.0. The zero-order chi connectivity index (χ0) is 25.3. The summed E-state index contributed by atoms with van der Waals surface area (Å²) in [4.78, 5) is 18.3. The number of rotatable bonds is 10. The van der Waals surface area contributed by atoms with E-state index < -0.39 is 0 Å². The third-order valence-electron chi connectivity index (χ3n) is 5.96. The van der Waals surface area contributed by atoms with Gasteiger partial charge in [-0.25, -0.2) is 4.98 Å². The molecule has 0 spiro atoms. The van der Waals surface area contributed by atoms with E-state index in [1.807, 2.05) is 36.4 Å². The lowest BCUT2D eigenvalue weighted by atomic mass is 10.0. The van der Waals surface area contributed by atoms with Gasteiger partial charge in [0, 0.05) is 11.8 Å². The van der Waals surface area contributed by atoms with E-state index in [4.69, 9.17) is 14.5 Å². The number of aromatic nitrogens is 2. The molecule has 2 heterocycles. The van der Waals surface area contributed by atoms with Crippen LogP contribution in [0.15, 0.2) is 71.7 Å². The third-order valence-corrected chi connectivity index (χ3v) is 5.96. The molecule has 0 amide bonds. The molecule has 6 nitrogen and oxygen atoms in total. The summed E-state index contributed by atoms with van der Waals surface area (Å²) in [6.07, 6.45) is 9.89. The van der Waals surface area contributed by atoms with Gasteiger partial charge >= 0.3 is 0 Å². The molecule has 0 aliphatic carbocycles. The van der Waals surface area contributed by atoms with E-state index in [0.717, 1.165) is 18.4 Å². The predicted molar refractivity (Wildman–Crippen MR) is 143 cm³/mol. The first-order valence-corrected chi connectivity index (χ1v) is 12.2. The van der Waals surface area contributed by atoms with Crippen LogP contribution in [-0.2, 0) is 0 Å². The van der Waals surface area contributed by atoms with Crippen molar-refractivity contribution >= 4 is 17.8 Å². The summed E-state index contributed by atoms with van der Waals surface area (Å²) in [5, 5.41) is 9.17. The maximum atomic E-state index is 13.5. The molecule has 6 heteroatoms. The molecule has 0 fully saturated rings. The van der Waals surface area contributed by atoms with E-state index >= 15 is 0 Å². The van der Waals surface area contributed by atoms with Crippen molar-refractivity contribution in [3.05, 3.63) is 94.0 Å². The number of fused-ring (bicyclic) bond motifs is 1. The standard InChI is InChI=1S/C30H29N3O3/c1-3-4-5-8-20-36-29-24(10-9-11-26(29)35-2)17-18-25-28(23-15-13-22(21-31)14-16-23)30(34)33-19-7-6-12-27(33)32-25/h6-7,9-19H,3-5,8,20H2,1-2H3. The molecule has 0 aliphatic rings. The van der Waals surface area contributed by atoms with Crippen LogP contribution in [0.5, 0.6) is 11.5 Å². The zero-order valence-corrected chi connectivity index (χ0v) is 20.6. The number of hydrogen-bond acceptors (Lipinski definition) is 5. The molecule has 4 rings (SSSR count). The first-order chi connectivity index (χ1) is 17.7. The molecule has 0 aliphatic heterocycles. The lowest BCUT2D eigenvalue weighted by Crippen LogP contribution is -2.18. The van der Waals surface area contributed by atoms with Gasteiger partial charge in [-0.3, -0.25) is 9.20 Å². The molecule has 0 N–H and O–H groups in total. The van der Waals surface area contributed by atoms with Gasteiger partial charge in [0.25, 0.3) is 5.56 Å². The summed E-state index contributed by atoms with van der Waals surface area (Å²) >= 11 is 0. The maximum absolute atomic E-state index is 13.5. The highest BCUT2D eigenvalue weighted by Crippen LogP contribution is 2.33. The van der Waals surface area contributed by atoms with Crippen molar-refractivity contribution in [2.24, 2.45) is 0 Å². The van der Waals surface area contributed by atoms with Crippen LogP contribution in [0.4, 0.5) is 0 Å². The molecular formula is C30H29N3O3. The predicted octanol–water partition coefficient (Wildman–Crippen LogP) is 6.37. The first-order valence-electron chi connectivity index (χ1n) is 12.2. The molecule has 2 aromatic heterocycles. The Kier molecular flexibility index (Phi) is 8.15. The largest absolute Gasteiger partial charge is 0.493 e. The monoisotopic (exact) mass is 479 g/mol. The van der Waals surface area contributed by atoms with Crippen molar-refractivity contribution in [1.82, 2.24) is 9.38 Å². The number of nitrogens with zero attached hydrogens (tertiary/aromatic N) is 3. The van der Waals surface area contributed by atoms with E-state index in [1.165, 1.54) is 17.2 Å². The van der Waals surface area contributed by atoms with Gasteiger partial charge in [0.15, 0.2) is 11.5 Å². The molecule has 0 saturated carbocycles. The average molecular weight is 480 g/mol. The molecule has 182 valence electrons. The number of hydrogen-bond donors (Lipinski definition) is 0. The summed E-state index contributed by atoms with van der Waals surface area (Å²) in [5.74, 6) is 1.33. The van der Waals surface area contributed by atoms with Crippen molar-refractivity contribution in [3.8, 4) is 28.7 Å². The second kappa shape index (κ2) is 11.9. The van der Waals surface area contributed by atoms with Crippen LogP contribution in [0.1, 0.15) is 49.4 Å². The number of para-hydroxylation sites is 1. The highest BCUT2D eigenvalue weighted by atomic mass is 16.5. The van der Waals surface area contributed by atoms with Gasteiger partial charge in [0.1, 0.15) is 5.65 Å². The van der Waals surface area contributed by atoms with Crippen LogP contribution in [-0.4, -0.2) is 23.1 Å². The molecule has 0 unspecified atom stereocenters. The quantitative estimate of drug-likeness (QED) is 0.247. The summed E-state index contributed by atoms with van der Waals surface area (Å²) < 4.78 is 13.2. The van der Waals surface area contributed by atoms with E-state index in [9.17, 15) is 10.1 Å². The van der Waals surface area contributed by atoms with Gasteiger partial charge in [0.05, 0.1) is 36.6 Å². The second-order valence-electron chi connectivity index (χ2n) is 8.42. The van der Waals surface area contributed by atoms with Crippen LogP contribution in [0.2, 0.25) is 0 Å². The van der Waals surface area contributed by atoms with Crippen LogP contribution in [0.3, 0.4) is 0 Å². The highest BCUT2D eigenvalue weighted by molar-refractivity contribution is 5.81. The average Bonchev–Trinajstić information content (AvgIpc) is 2.92. The van der Waals surface area contributed by atoms with Gasteiger partial charge in [0.2, 0.25) is 0 Å². The third kappa shape index (κ3) is 5.47. The smallest absolute Gasteiger partial charge is 0.266 e. The lowest BCUT2D eigenvalue weighted by Gasteiger charge is -2.13. The van der Waals surface area contributed by atoms with Crippen LogP contribution < -0.4 is 15.0 Å². The van der Waals surface area contributed by atoms with Gasteiger partial charge < -0.3 is 9.47 Å². The second-order valence-corrected chi connectivity index (χ2v) is 8.42. The van der Waals surface area contributed by atoms with E-state index in [1.54, 1.807) is 49.7 Å². The Morgan fingerprint density at radius 1 is 1.00 bits per heavy atom. The summed E-state index contributed by atoms with van der Waals surface area (Å²) in [6, 6.07) is 20.3. The van der Waals surface area contributed by atoms with Crippen LogP contribution in [0.25, 0.3) is 28.9 Å². The minimum atomic E-state index is -0.178. The number of ether oxygens (including phenoxy) is 2. The fourth-order valence-electron chi connectivity index (χ4n) is 4.06. The Morgan fingerprint density at radius 3 is 2.58 bits per heavy atom. The minimum Gasteiger partial charge on any atom is -0.493 e. The highest BCUT2D eigenvalue weighted by Gasteiger charge is 2.14. The van der Waals surface area contributed by atoms with Crippen molar-refractivity contribution in [2.75, 3.05) is 13.7 Å². The number of benzene rings is 2. The Labute approximate surface area is 211 Å². The number of methoxy groups -OCH3 is 1. The summed E-state index contributed by atoms with van der Waals surface area (Å²) in [5.41, 5.74) is 3.44. The fraction of sp³-hybridized carbons (Fsp3) is 0.233. The van der Waals surface area contributed by atoms with Crippen LogP contribution >= 0.6 is 0 Å². The van der Waals surface area contributed by atoms with Gasteiger partial charge in [-0.15, -0.1) is 0 Å². The summed E-state index contributed by atoms with van der Waals surface area (Å²) in [7, 11) is 1.63. The molecule has 0 radical (unpaired) electrons. The Bertz CT molecular complexity index is 1460. The Morgan fingerprint density at radius 2 is 1.83 bits per heavy atom. The van der Waals surface area contributed by atoms with Crippen molar-refractivity contribution in [2.45, 2.75) is 32.6 Å². The van der Waals surface area contributed by atoms with E-state index in [2.05, 4.69) is 13.0 Å². The Hall–Kier alpha value is -4.37. The van der Waals surface area contributed by atoms with Crippen molar-refractivity contribution < 1.29 is 9.47 Å². The van der Waals surface area contributed by atoms with Crippen molar-refractivity contribution in [3.63, 3.8) is 0 Å². The molecule has 4 aromatic rings. The number of unbranched alkanes of at least 4 members (excludes halogenated alkanes) is 3. The van der Waals surface area contributed by atoms with E-state index in [0.29, 0.717) is 46.1 Å². The topological polar surface area (TPSA) is 76.6 Å². The molecule has 0 saturated heterocycles. The van der Waals surface area contributed by atoms with Gasteiger partial charge in [-0.2, -0.15) is 5.26 Å². The maximum Gasteiger partial charge on any atom is 0.266 e. The number of nitriles is 1. The molecular weight excluding hydrogens is 450 g/mol. The molecule has 0 bridgehead atoms. The zero-order valence-electron chi connectivity index (χ0n) is 20.6. The molecule has 2 aromatic carbocycles. The minimum absolute atomic E-state index is 0.178. The molecule has 0 atom stereocenters.